The van der Waals surface area contributed by atoms with Gasteiger partial charge in [0.15, 0.2) is 0 Å². The Morgan fingerprint density at radius 2 is 2.12 bits per heavy atom. The Morgan fingerprint density at radius 1 is 1.40 bits per heavy atom. The van der Waals surface area contributed by atoms with E-state index in [4.69, 9.17) is 4.74 Å². The van der Waals surface area contributed by atoms with Gasteiger partial charge in [0.05, 0.1) is 23.6 Å². The van der Waals surface area contributed by atoms with Crippen molar-refractivity contribution in [2.75, 3.05) is 23.3 Å². The minimum absolute atomic E-state index is 0.0498. The van der Waals surface area contributed by atoms with Crippen LogP contribution in [0.3, 0.4) is 0 Å². The maximum absolute atomic E-state index is 14.6. The number of morpholine rings is 1. The van der Waals surface area contributed by atoms with Gasteiger partial charge in [-0.3, -0.25) is 4.79 Å². The molecule has 2 atom stereocenters. The summed E-state index contributed by atoms with van der Waals surface area (Å²) in [7, 11) is 0. The van der Waals surface area contributed by atoms with Gasteiger partial charge in [-0.05, 0) is 50.0 Å². The Labute approximate surface area is 150 Å². The number of amides is 1. The van der Waals surface area contributed by atoms with Crippen molar-refractivity contribution < 1.29 is 13.9 Å². The summed E-state index contributed by atoms with van der Waals surface area (Å²) in [6, 6.07) is 4.75. The summed E-state index contributed by atoms with van der Waals surface area (Å²) in [6.07, 6.45) is 0.725. The number of rotatable bonds is 4. The van der Waals surface area contributed by atoms with Crippen LogP contribution in [0.15, 0.2) is 18.2 Å². The fourth-order valence-corrected chi connectivity index (χ4v) is 3.66. The minimum Gasteiger partial charge on any atom is -0.372 e. The Morgan fingerprint density at radius 3 is 2.76 bits per heavy atom. The number of carbonyl (C=O) groups is 1. The third-order valence-electron chi connectivity index (χ3n) is 4.06. The maximum Gasteiger partial charge on any atom is 0.269 e. The van der Waals surface area contributed by atoms with Crippen LogP contribution < -0.4 is 10.2 Å². The molecule has 1 fully saturated rings. The van der Waals surface area contributed by atoms with E-state index in [1.807, 2.05) is 25.7 Å². The van der Waals surface area contributed by atoms with Crippen molar-refractivity contribution in [1.29, 1.82) is 0 Å². The molecule has 1 aromatic carbocycles. The van der Waals surface area contributed by atoms with Crippen LogP contribution in [0.1, 0.15) is 36.1 Å². The molecular weight excluding hydrogens is 343 g/mol. The first kappa shape index (κ1) is 17.8. The molecule has 1 amide bonds. The number of ether oxygens (including phenoxy) is 1. The Balaban J connectivity index is 1.75. The van der Waals surface area contributed by atoms with E-state index in [9.17, 15) is 9.18 Å². The monoisotopic (exact) mass is 364 g/mol. The lowest BCUT2D eigenvalue weighted by Crippen LogP contribution is -2.45. The predicted octanol–water partition coefficient (Wildman–Crippen LogP) is 3.11. The smallest absolute Gasteiger partial charge is 0.269 e. The van der Waals surface area contributed by atoms with Gasteiger partial charge in [0.1, 0.15) is 10.7 Å². The number of carbonyl (C=O) groups excluding carboxylic acids is 1. The average Bonchev–Trinajstić information content (AvgIpc) is 3.02. The molecule has 8 heteroatoms. The molecule has 1 N–H and O–H groups in total. The lowest BCUT2D eigenvalue weighted by Gasteiger charge is -2.37. The number of anilines is 2. The third-order valence-corrected chi connectivity index (χ3v) is 4.83. The summed E-state index contributed by atoms with van der Waals surface area (Å²) in [6.45, 7) is 7.14. The van der Waals surface area contributed by atoms with E-state index in [0.29, 0.717) is 41.5 Å². The molecule has 0 saturated carbocycles. The second-order valence-corrected chi connectivity index (χ2v) is 6.94. The van der Waals surface area contributed by atoms with Crippen LogP contribution in [0.5, 0.6) is 0 Å². The van der Waals surface area contributed by atoms with Gasteiger partial charge in [-0.2, -0.15) is 0 Å². The first-order valence-electron chi connectivity index (χ1n) is 8.30. The minimum atomic E-state index is -0.364. The zero-order valence-electron chi connectivity index (χ0n) is 14.5. The molecule has 0 spiro atoms. The van der Waals surface area contributed by atoms with Crippen LogP contribution in [0.4, 0.5) is 15.8 Å². The van der Waals surface area contributed by atoms with E-state index < -0.39 is 0 Å². The van der Waals surface area contributed by atoms with Gasteiger partial charge in [-0.25, -0.2) is 4.39 Å². The molecule has 2 aromatic rings. The molecule has 1 saturated heterocycles. The highest BCUT2D eigenvalue weighted by Gasteiger charge is 2.24. The van der Waals surface area contributed by atoms with Gasteiger partial charge >= 0.3 is 0 Å². The number of nitrogens with zero attached hydrogens (tertiary/aromatic N) is 3. The summed E-state index contributed by atoms with van der Waals surface area (Å²) >= 11 is 1.04. The van der Waals surface area contributed by atoms with Crippen molar-refractivity contribution in [1.82, 2.24) is 9.59 Å². The van der Waals surface area contributed by atoms with E-state index in [1.165, 1.54) is 6.07 Å². The highest BCUT2D eigenvalue weighted by Crippen LogP contribution is 2.26. The Kier molecular flexibility index (Phi) is 5.29. The summed E-state index contributed by atoms with van der Waals surface area (Å²) in [5.41, 5.74) is 1.58. The zero-order chi connectivity index (χ0) is 18.0. The second kappa shape index (κ2) is 7.45. The lowest BCUT2D eigenvalue weighted by atomic mass is 10.1. The van der Waals surface area contributed by atoms with Gasteiger partial charge in [0.2, 0.25) is 0 Å². The van der Waals surface area contributed by atoms with Crippen molar-refractivity contribution >= 4 is 28.8 Å². The molecule has 0 bridgehead atoms. The largest absolute Gasteiger partial charge is 0.372 e. The molecule has 1 aliphatic heterocycles. The first-order chi connectivity index (χ1) is 12.0. The fourth-order valence-electron chi connectivity index (χ4n) is 3.02. The molecule has 25 heavy (non-hydrogen) atoms. The van der Waals surface area contributed by atoms with Crippen molar-refractivity contribution in [3.8, 4) is 0 Å². The predicted molar refractivity (Wildman–Crippen MR) is 95.9 cm³/mol. The lowest BCUT2D eigenvalue weighted by molar-refractivity contribution is -0.00539. The molecule has 3 rings (SSSR count). The second-order valence-electron chi connectivity index (χ2n) is 6.18. The maximum atomic E-state index is 14.6. The number of halogens is 1. The van der Waals surface area contributed by atoms with Crippen molar-refractivity contribution in [3.05, 3.63) is 34.6 Å². The molecule has 0 radical (unpaired) electrons. The molecular formula is C17H21FN4O2S. The van der Waals surface area contributed by atoms with E-state index >= 15 is 0 Å². The summed E-state index contributed by atoms with van der Waals surface area (Å²) < 4.78 is 24.1. The molecule has 134 valence electrons. The fraction of sp³-hybridized carbons (Fsp3) is 0.471. The molecule has 1 aromatic heterocycles. The van der Waals surface area contributed by atoms with Crippen LogP contribution in [-0.2, 0) is 11.2 Å². The van der Waals surface area contributed by atoms with Crippen molar-refractivity contribution in [2.24, 2.45) is 0 Å². The number of hydrogen-bond donors (Lipinski definition) is 1. The van der Waals surface area contributed by atoms with Crippen LogP contribution >= 0.6 is 11.5 Å². The van der Waals surface area contributed by atoms with E-state index in [-0.39, 0.29) is 23.9 Å². The quantitative estimate of drug-likeness (QED) is 0.903. The van der Waals surface area contributed by atoms with E-state index in [2.05, 4.69) is 14.9 Å². The number of benzene rings is 1. The van der Waals surface area contributed by atoms with Crippen LogP contribution in [0.25, 0.3) is 0 Å². The van der Waals surface area contributed by atoms with Gasteiger partial charge in [-0.15, -0.1) is 5.10 Å². The molecule has 6 nitrogen and oxygen atoms in total. The first-order valence-corrected chi connectivity index (χ1v) is 9.07. The Hall–Kier alpha value is -2.06. The van der Waals surface area contributed by atoms with Crippen LogP contribution in [0.2, 0.25) is 0 Å². The zero-order valence-corrected chi connectivity index (χ0v) is 15.3. The van der Waals surface area contributed by atoms with Gasteiger partial charge in [0.25, 0.3) is 5.91 Å². The summed E-state index contributed by atoms with van der Waals surface area (Å²) in [5, 5.41) is 6.64. The molecule has 0 aliphatic carbocycles. The number of aryl methyl sites for hydroxylation is 1. The molecule has 2 heterocycles. The standard InChI is InChI=1S/C17H21FN4O2S/c1-4-14-16(25-21-20-14)17(23)19-12-5-6-15(13(18)7-12)22-8-10(2)24-11(3)9-22/h5-7,10-11H,4,8-9H2,1-3H3,(H,19,23). The van der Waals surface area contributed by atoms with Crippen LogP contribution in [0, 0.1) is 5.82 Å². The normalized spacial score (nSPS) is 20.6. The van der Waals surface area contributed by atoms with Gasteiger partial charge in [0, 0.05) is 18.8 Å². The number of nitrogens with one attached hydrogen (secondary N) is 1. The number of aromatic nitrogens is 2. The van der Waals surface area contributed by atoms with Gasteiger partial charge in [-0.1, -0.05) is 11.4 Å². The SMILES string of the molecule is CCc1nnsc1C(=O)Nc1ccc(N2CC(C)OC(C)C2)c(F)c1. The average molecular weight is 364 g/mol. The highest BCUT2D eigenvalue weighted by atomic mass is 32.1. The number of hydrogen-bond acceptors (Lipinski definition) is 6. The molecule has 2 unspecified atom stereocenters. The molecule has 1 aliphatic rings. The topological polar surface area (TPSA) is 67.4 Å². The third kappa shape index (κ3) is 3.96. The van der Waals surface area contributed by atoms with Crippen molar-refractivity contribution in [2.45, 2.75) is 39.4 Å². The summed E-state index contributed by atoms with van der Waals surface area (Å²) in [4.78, 5) is 14.7. The Bertz CT molecular complexity index is 757. The highest BCUT2D eigenvalue weighted by molar-refractivity contribution is 7.08. The van der Waals surface area contributed by atoms with Crippen molar-refractivity contribution in [3.63, 3.8) is 0 Å². The van der Waals surface area contributed by atoms with Gasteiger partial charge < -0.3 is 15.0 Å². The van der Waals surface area contributed by atoms with E-state index in [0.717, 1.165) is 11.5 Å². The van der Waals surface area contributed by atoms with E-state index in [1.54, 1.807) is 12.1 Å². The summed E-state index contributed by atoms with van der Waals surface area (Å²) in [5.74, 6) is -0.676. The van der Waals surface area contributed by atoms with Crippen LogP contribution in [-0.4, -0.2) is 40.8 Å².